The van der Waals surface area contributed by atoms with Gasteiger partial charge in [-0.25, -0.2) is 0 Å². The fraction of sp³-hybridized carbons (Fsp3) is 0.650. The molecule has 0 spiro atoms. The van der Waals surface area contributed by atoms with Crippen LogP contribution in [-0.2, 0) is 6.42 Å². The van der Waals surface area contributed by atoms with Gasteiger partial charge in [0.2, 0.25) is 0 Å². The standard InChI is InChI=1S/C20H34N4O2/c1-5-21-20(23-13-14-24(6-2)17-8-9-17)22-12-11-16-7-10-18(25-3)19(15-16)26-4/h7,10,15,17H,5-6,8-9,11-14H2,1-4H3,(H2,21,22,23). The summed E-state index contributed by atoms with van der Waals surface area (Å²) in [4.78, 5) is 7.24. The van der Waals surface area contributed by atoms with Crippen molar-refractivity contribution in [1.29, 1.82) is 0 Å². The normalized spacial score (nSPS) is 14.4. The molecule has 26 heavy (non-hydrogen) atoms. The van der Waals surface area contributed by atoms with Crippen LogP contribution in [0, 0.1) is 0 Å². The fourth-order valence-electron chi connectivity index (χ4n) is 3.03. The van der Waals surface area contributed by atoms with Gasteiger partial charge < -0.3 is 20.1 Å². The van der Waals surface area contributed by atoms with Crippen molar-refractivity contribution in [2.75, 3.05) is 46.9 Å². The van der Waals surface area contributed by atoms with E-state index in [4.69, 9.17) is 14.5 Å². The fourth-order valence-corrected chi connectivity index (χ4v) is 3.03. The number of aliphatic imine (C=N–C) groups is 1. The Morgan fingerprint density at radius 1 is 1.15 bits per heavy atom. The lowest BCUT2D eigenvalue weighted by Gasteiger charge is -2.19. The molecule has 1 fully saturated rings. The van der Waals surface area contributed by atoms with Crippen LogP contribution in [0.4, 0.5) is 0 Å². The topological polar surface area (TPSA) is 58.1 Å². The Labute approximate surface area is 158 Å². The number of ether oxygens (including phenoxy) is 2. The molecule has 1 aliphatic carbocycles. The van der Waals surface area contributed by atoms with Gasteiger partial charge in [-0.2, -0.15) is 0 Å². The van der Waals surface area contributed by atoms with Gasteiger partial charge in [0.25, 0.3) is 0 Å². The predicted octanol–water partition coefficient (Wildman–Crippen LogP) is 2.29. The Hall–Kier alpha value is -1.95. The van der Waals surface area contributed by atoms with Crippen molar-refractivity contribution in [3.05, 3.63) is 23.8 Å². The number of hydrogen-bond donors (Lipinski definition) is 2. The maximum absolute atomic E-state index is 5.37. The average molecular weight is 363 g/mol. The summed E-state index contributed by atoms with van der Waals surface area (Å²) >= 11 is 0. The first kappa shape index (κ1) is 20.4. The summed E-state index contributed by atoms with van der Waals surface area (Å²) in [5, 5.41) is 6.74. The van der Waals surface area contributed by atoms with Crippen LogP contribution in [0.2, 0.25) is 0 Å². The molecule has 1 aromatic carbocycles. The highest BCUT2D eigenvalue weighted by atomic mass is 16.5. The second-order valence-corrected chi connectivity index (χ2v) is 6.49. The van der Waals surface area contributed by atoms with Gasteiger partial charge in [0.05, 0.1) is 20.8 Å². The highest BCUT2D eigenvalue weighted by Gasteiger charge is 2.27. The van der Waals surface area contributed by atoms with Gasteiger partial charge in [-0.15, -0.1) is 0 Å². The smallest absolute Gasteiger partial charge is 0.191 e. The number of hydrogen-bond acceptors (Lipinski definition) is 4. The molecule has 0 aromatic heterocycles. The Morgan fingerprint density at radius 2 is 1.92 bits per heavy atom. The zero-order valence-electron chi connectivity index (χ0n) is 16.7. The minimum atomic E-state index is 0.759. The number of methoxy groups -OCH3 is 2. The molecule has 1 aliphatic rings. The zero-order valence-corrected chi connectivity index (χ0v) is 16.7. The van der Waals surface area contributed by atoms with Crippen LogP contribution >= 0.6 is 0 Å². The number of benzene rings is 1. The number of rotatable bonds is 11. The number of likely N-dealkylation sites (N-methyl/N-ethyl adjacent to an activating group) is 1. The third kappa shape index (κ3) is 6.41. The molecule has 0 radical (unpaired) electrons. The Balaban J connectivity index is 1.80. The van der Waals surface area contributed by atoms with E-state index in [9.17, 15) is 0 Å². The largest absolute Gasteiger partial charge is 0.493 e. The van der Waals surface area contributed by atoms with Crippen molar-refractivity contribution in [3.8, 4) is 11.5 Å². The summed E-state index contributed by atoms with van der Waals surface area (Å²) in [5.74, 6) is 2.42. The van der Waals surface area contributed by atoms with Crippen LogP contribution < -0.4 is 20.1 Å². The molecule has 0 atom stereocenters. The van der Waals surface area contributed by atoms with Crippen LogP contribution in [0.15, 0.2) is 23.2 Å². The molecule has 146 valence electrons. The van der Waals surface area contributed by atoms with E-state index in [1.54, 1.807) is 14.2 Å². The van der Waals surface area contributed by atoms with E-state index in [0.29, 0.717) is 0 Å². The van der Waals surface area contributed by atoms with Gasteiger partial charge in [0.15, 0.2) is 17.5 Å². The molecule has 2 N–H and O–H groups in total. The van der Waals surface area contributed by atoms with E-state index in [0.717, 1.165) is 62.6 Å². The molecule has 6 nitrogen and oxygen atoms in total. The molecule has 1 saturated carbocycles. The molecular formula is C20H34N4O2. The number of nitrogens with zero attached hydrogens (tertiary/aromatic N) is 2. The first-order valence-corrected chi connectivity index (χ1v) is 9.68. The van der Waals surface area contributed by atoms with E-state index < -0.39 is 0 Å². The molecule has 0 saturated heterocycles. The summed E-state index contributed by atoms with van der Waals surface area (Å²) in [5.41, 5.74) is 1.21. The molecule has 2 rings (SSSR count). The average Bonchev–Trinajstić information content (AvgIpc) is 3.50. The lowest BCUT2D eigenvalue weighted by atomic mass is 10.1. The second-order valence-electron chi connectivity index (χ2n) is 6.49. The molecule has 0 aliphatic heterocycles. The second kappa shape index (κ2) is 10.9. The Morgan fingerprint density at radius 3 is 2.54 bits per heavy atom. The lowest BCUT2D eigenvalue weighted by Crippen LogP contribution is -2.39. The first-order valence-electron chi connectivity index (χ1n) is 9.68. The first-order chi connectivity index (χ1) is 12.7. The summed E-state index contributed by atoms with van der Waals surface area (Å²) < 4.78 is 10.7. The van der Waals surface area contributed by atoms with E-state index in [-0.39, 0.29) is 0 Å². The van der Waals surface area contributed by atoms with Gasteiger partial charge in [-0.3, -0.25) is 9.89 Å². The van der Waals surface area contributed by atoms with Gasteiger partial charge in [0.1, 0.15) is 0 Å². The molecular weight excluding hydrogens is 328 g/mol. The van der Waals surface area contributed by atoms with Gasteiger partial charge in [0, 0.05) is 25.7 Å². The van der Waals surface area contributed by atoms with Crippen LogP contribution in [0.3, 0.4) is 0 Å². The van der Waals surface area contributed by atoms with E-state index in [2.05, 4.69) is 35.4 Å². The highest BCUT2D eigenvalue weighted by molar-refractivity contribution is 5.79. The molecule has 0 amide bonds. The maximum atomic E-state index is 5.37. The van der Waals surface area contributed by atoms with Crippen molar-refractivity contribution >= 4 is 5.96 Å². The van der Waals surface area contributed by atoms with Crippen molar-refractivity contribution < 1.29 is 9.47 Å². The van der Waals surface area contributed by atoms with Crippen molar-refractivity contribution in [3.63, 3.8) is 0 Å². The Kier molecular flexibility index (Phi) is 8.54. The zero-order chi connectivity index (χ0) is 18.8. The predicted molar refractivity (Wildman–Crippen MR) is 108 cm³/mol. The van der Waals surface area contributed by atoms with Gasteiger partial charge >= 0.3 is 0 Å². The van der Waals surface area contributed by atoms with Crippen molar-refractivity contribution in [2.45, 2.75) is 39.2 Å². The molecule has 0 unspecified atom stereocenters. The molecule has 1 aromatic rings. The van der Waals surface area contributed by atoms with Crippen LogP contribution in [-0.4, -0.2) is 63.8 Å². The van der Waals surface area contributed by atoms with Crippen LogP contribution in [0.5, 0.6) is 11.5 Å². The lowest BCUT2D eigenvalue weighted by molar-refractivity contribution is 0.286. The summed E-state index contributed by atoms with van der Waals surface area (Å²) in [7, 11) is 3.32. The van der Waals surface area contributed by atoms with Gasteiger partial charge in [-0.05, 0) is 50.4 Å². The molecule has 0 bridgehead atoms. The van der Waals surface area contributed by atoms with E-state index in [1.165, 1.54) is 18.4 Å². The monoisotopic (exact) mass is 362 g/mol. The van der Waals surface area contributed by atoms with Crippen molar-refractivity contribution in [2.24, 2.45) is 4.99 Å². The molecule has 0 heterocycles. The maximum Gasteiger partial charge on any atom is 0.191 e. The summed E-state index contributed by atoms with van der Waals surface area (Å²) in [6, 6.07) is 6.85. The van der Waals surface area contributed by atoms with Gasteiger partial charge in [-0.1, -0.05) is 13.0 Å². The third-order valence-corrected chi connectivity index (χ3v) is 4.62. The van der Waals surface area contributed by atoms with E-state index >= 15 is 0 Å². The summed E-state index contributed by atoms with van der Waals surface area (Å²) in [6.07, 6.45) is 3.59. The number of nitrogens with one attached hydrogen (secondary N) is 2. The third-order valence-electron chi connectivity index (χ3n) is 4.62. The van der Waals surface area contributed by atoms with Crippen LogP contribution in [0.1, 0.15) is 32.3 Å². The Bertz CT molecular complexity index is 573. The van der Waals surface area contributed by atoms with Crippen molar-refractivity contribution in [1.82, 2.24) is 15.5 Å². The summed E-state index contributed by atoms with van der Waals surface area (Å²) in [6.45, 7) is 8.99. The SMILES string of the molecule is CCNC(=NCCN(CC)C1CC1)NCCc1ccc(OC)c(OC)c1. The highest BCUT2D eigenvalue weighted by Crippen LogP contribution is 2.27. The molecule has 6 heteroatoms. The number of guanidine groups is 1. The minimum Gasteiger partial charge on any atom is -0.493 e. The van der Waals surface area contributed by atoms with E-state index in [1.807, 2.05) is 12.1 Å². The minimum absolute atomic E-state index is 0.759. The quantitative estimate of drug-likeness (QED) is 0.467. The van der Waals surface area contributed by atoms with Crippen LogP contribution in [0.25, 0.3) is 0 Å².